The fourth-order valence-electron chi connectivity index (χ4n) is 7.35. The highest BCUT2D eigenvalue weighted by molar-refractivity contribution is 5.96. The summed E-state index contributed by atoms with van der Waals surface area (Å²) in [6.45, 7) is 18.5. The standard InChI is InChI=1S/C35H53N7/c1-6-8-26(19-24(3)4)21-32-31(7-2)39-34-33(40-32)30(22-38-35(34)36)28-9-11-29(12-10-28)42-16-13-27(20-25(42)5)23-41-17-14-37-15-18-41/h9-12,22,24-27,37H,6-8,13-21,23H2,1-5H3,(H2,36,38). The van der Waals surface area contributed by atoms with Crippen LogP contribution in [0.3, 0.4) is 0 Å². The van der Waals surface area contributed by atoms with Gasteiger partial charge in [-0.05, 0) is 74.5 Å². The van der Waals surface area contributed by atoms with Crippen LogP contribution in [0.25, 0.3) is 22.2 Å². The number of anilines is 2. The smallest absolute Gasteiger partial charge is 0.151 e. The van der Waals surface area contributed by atoms with Crippen molar-refractivity contribution in [2.45, 2.75) is 85.6 Å². The van der Waals surface area contributed by atoms with E-state index >= 15 is 0 Å². The molecule has 1 aromatic carbocycles. The molecule has 7 heteroatoms. The Balaban J connectivity index is 1.36. The van der Waals surface area contributed by atoms with Crippen LogP contribution in [-0.4, -0.2) is 65.2 Å². The zero-order valence-electron chi connectivity index (χ0n) is 26.7. The van der Waals surface area contributed by atoms with Crippen molar-refractivity contribution < 1.29 is 0 Å². The molecule has 5 rings (SSSR count). The lowest BCUT2D eigenvalue weighted by Gasteiger charge is -2.41. The number of nitrogens with two attached hydrogens (primary N) is 1. The molecule has 0 bridgehead atoms. The third kappa shape index (κ3) is 7.23. The number of nitrogens with zero attached hydrogens (tertiary/aromatic N) is 5. The van der Waals surface area contributed by atoms with E-state index in [9.17, 15) is 0 Å². The average molecular weight is 572 g/mol. The summed E-state index contributed by atoms with van der Waals surface area (Å²) in [5.41, 5.74) is 13.6. The predicted molar refractivity (Wildman–Crippen MR) is 177 cm³/mol. The lowest BCUT2D eigenvalue weighted by atomic mass is 9.88. The molecule has 3 unspecified atom stereocenters. The summed E-state index contributed by atoms with van der Waals surface area (Å²) in [5, 5.41) is 3.48. The van der Waals surface area contributed by atoms with Crippen LogP contribution in [0, 0.1) is 17.8 Å². The van der Waals surface area contributed by atoms with Gasteiger partial charge in [0.25, 0.3) is 0 Å². The Bertz CT molecular complexity index is 1300. The van der Waals surface area contributed by atoms with Gasteiger partial charge in [0.1, 0.15) is 11.0 Å². The van der Waals surface area contributed by atoms with E-state index in [0.717, 1.165) is 71.9 Å². The summed E-state index contributed by atoms with van der Waals surface area (Å²) >= 11 is 0. The Morgan fingerprint density at radius 2 is 1.74 bits per heavy atom. The number of aryl methyl sites for hydroxylation is 1. The fourth-order valence-corrected chi connectivity index (χ4v) is 7.35. The predicted octanol–water partition coefficient (Wildman–Crippen LogP) is 6.35. The van der Waals surface area contributed by atoms with E-state index in [4.69, 9.17) is 15.7 Å². The first-order valence-electron chi connectivity index (χ1n) is 16.6. The van der Waals surface area contributed by atoms with E-state index in [2.05, 4.69) is 79.0 Å². The highest BCUT2D eigenvalue weighted by Gasteiger charge is 2.27. The van der Waals surface area contributed by atoms with Gasteiger partial charge in [0.15, 0.2) is 5.82 Å². The zero-order chi connectivity index (χ0) is 29.6. The average Bonchev–Trinajstić information content (AvgIpc) is 2.98. The second-order valence-corrected chi connectivity index (χ2v) is 13.2. The maximum Gasteiger partial charge on any atom is 0.151 e. The fraction of sp³-hybridized carbons (Fsp3) is 0.629. The summed E-state index contributed by atoms with van der Waals surface area (Å²) in [6, 6.07) is 9.56. The Morgan fingerprint density at radius 3 is 2.40 bits per heavy atom. The normalized spacial score (nSPS) is 20.9. The number of hydrogen-bond acceptors (Lipinski definition) is 7. The van der Waals surface area contributed by atoms with Gasteiger partial charge in [-0.3, -0.25) is 0 Å². The number of benzene rings is 1. The Labute approximate surface area is 253 Å². The van der Waals surface area contributed by atoms with Gasteiger partial charge in [0.05, 0.1) is 11.4 Å². The summed E-state index contributed by atoms with van der Waals surface area (Å²) in [6.07, 6.45) is 9.86. The third-order valence-corrected chi connectivity index (χ3v) is 9.42. The minimum Gasteiger partial charge on any atom is -0.382 e. The number of rotatable bonds is 11. The number of piperazine rings is 1. The van der Waals surface area contributed by atoms with Crippen molar-refractivity contribution in [3.8, 4) is 11.1 Å². The molecule has 2 aromatic heterocycles. The minimum atomic E-state index is 0.462. The van der Waals surface area contributed by atoms with Crippen LogP contribution in [0.2, 0.25) is 0 Å². The van der Waals surface area contributed by atoms with E-state index in [1.54, 1.807) is 0 Å². The summed E-state index contributed by atoms with van der Waals surface area (Å²) in [7, 11) is 0. The molecule has 3 atom stereocenters. The minimum absolute atomic E-state index is 0.462. The van der Waals surface area contributed by atoms with Crippen molar-refractivity contribution in [3.05, 3.63) is 41.9 Å². The number of hydrogen-bond donors (Lipinski definition) is 2. The molecule has 4 heterocycles. The number of aromatic nitrogens is 3. The van der Waals surface area contributed by atoms with Crippen LogP contribution in [-0.2, 0) is 12.8 Å². The first kappa shape index (κ1) is 30.7. The summed E-state index contributed by atoms with van der Waals surface area (Å²) < 4.78 is 0. The van der Waals surface area contributed by atoms with Gasteiger partial charge in [-0.2, -0.15) is 0 Å². The maximum atomic E-state index is 6.37. The van der Waals surface area contributed by atoms with Gasteiger partial charge in [0.2, 0.25) is 0 Å². The van der Waals surface area contributed by atoms with Gasteiger partial charge < -0.3 is 20.9 Å². The largest absolute Gasteiger partial charge is 0.382 e. The van der Waals surface area contributed by atoms with Crippen LogP contribution in [0.1, 0.15) is 78.1 Å². The SMILES string of the molecule is CCCC(Cc1nc2c(-c3ccc(N4CCC(CN5CCNCC5)CC4C)cc3)cnc(N)c2nc1CC)CC(C)C. The molecule has 0 spiro atoms. The van der Waals surface area contributed by atoms with Gasteiger partial charge in [-0.15, -0.1) is 0 Å². The topological polar surface area (TPSA) is 83.2 Å². The number of piperidine rings is 1. The molecule has 3 aromatic rings. The van der Waals surface area contributed by atoms with E-state index in [1.165, 1.54) is 57.4 Å². The molecule has 2 aliphatic rings. The van der Waals surface area contributed by atoms with Crippen molar-refractivity contribution in [1.29, 1.82) is 0 Å². The van der Waals surface area contributed by atoms with Crippen LogP contribution < -0.4 is 16.0 Å². The van der Waals surface area contributed by atoms with E-state index in [1.807, 2.05) is 6.20 Å². The highest BCUT2D eigenvalue weighted by Crippen LogP contribution is 2.34. The van der Waals surface area contributed by atoms with Gasteiger partial charge in [-0.1, -0.05) is 52.7 Å². The molecule has 2 saturated heterocycles. The first-order chi connectivity index (χ1) is 20.4. The van der Waals surface area contributed by atoms with Gasteiger partial charge >= 0.3 is 0 Å². The van der Waals surface area contributed by atoms with Crippen LogP contribution in [0.15, 0.2) is 30.5 Å². The lowest BCUT2D eigenvalue weighted by molar-refractivity contribution is 0.182. The number of pyridine rings is 1. The third-order valence-electron chi connectivity index (χ3n) is 9.42. The van der Waals surface area contributed by atoms with Gasteiger partial charge in [0, 0.05) is 62.8 Å². The van der Waals surface area contributed by atoms with Crippen molar-refractivity contribution in [2.75, 3.05) is 49.9 Å². The highest BCUT2D eigenvalue weighted by atomic mass is 15.2. The molecular weight excluding hydrogens is 518 g/mol. The number of nitrogen functional groups attached to an aromatic ring is 1. The molecule has 0 saturated carbocycles. The molecule has 42 heavy (non-hydrogen) atoms. The second-order valence-electron chi connectivity index (χ2n) is 13.2. The van der Waals surface area contributed by atoms with Crippen molar-refractivity contribution in [1.82, 2.24) is 25.2 Å². The molecule has 3 N–H and O–H groups in total. The monoisotopic (exact) mass is 571 g/mol. The van der Waals surface area contributed by atoms with Gasteiger partial charge in [-0.25, -0.2) is 15.0 Å². The molecule has 228 valence electrons. The molecule has 2 fully saturated rings. The molecule has 7 nitrogen and oxygen atoms in total. The van der Waals surface area contributed by atoms with Crippen molar-refractivity contribution in [2.24, 2.45) is 17.8 Å². The van der Waals surface area contributed by atoms with Crippen LogP contribution in [0.5, 0.6) is 0 Å². The van der Waals surface area contributed by atoms with Crippen LogP contribution in [0.4, 0.5) is 11.5 Å². The molecule has 0 radical (unpaired) electrons. The molecule has 0 amide bonds. The molecule has 0 aliphatic carbocycles. The number of nitrogens with one attached hydrogen (secondary N) is 1. The van der Waals surface area contributed by atoms with Crippen molar-refractivity contribution in [3.63, 3.8) is 0 Å². The summed E-state index contributed by atoms with van der Waals surface area (Å²) in [5.74, 6) is 2.55. The molecule has 2 aliphatic heterocycles. The number of fused-ring (bicyclic) bond motifs is 1. The Hall–Kier alpha value is -2.77. The summed E-state index contributed by atoms with van der Waals surface area (Å²) in [4.78, 5) is 20.1. The molecular formula is C35H53N7. The first-order valence-corrected chi connectivity index (χ1v) is 16.6. The Morgan fingerprint density at radius 1 is 1.00 bits per heavy atom. The van der Waals surface area contributed by atoms with E-state index in [-0.39, 0.29) is 0 Å². The zero-order valence-corrected chi connectivity index (χ0v) is 26.7. The maximum absolute atomic E-state index is 6.37. The Kier molecular flexibility index (Phi) is 10.3. The quantitative estimate of drug-likeness (QED) is 0.277. The van der Waals surface area contributed by atoms with E-state index < -0.39 is 0 Å². The van der Waals surface area contributed by atoms with Crippen LogP contribution >= 0.6 is 0 Å². The lowest BCUT2D eigenvalue weighted by Crippen LogP contribution is -2.48. The van der Waals surface area contributed by atoms with Crippen molar-refractivity contribution >= 4 is 22.5 Å². The van der Waals surface area contributed by atoms with E-state index in [0.29, 0.717) is 23.7 Å². The second kappa shape index (κ2) is 14.1.